The Hall–Kier alpha value is -1.89. The van der Waals surface area contributed by atoms with E-state index < -0.39 is 12.0 Å². The number of nitrogens with one attached hydrogen (secondary N) is 2. The second kappa shape index (κ2) is 4.77. The summed E-state index contributed by atoms with van der Waals surface area (Å²) in [7, 11) is 0. The highest BCUT2D eigenvalue weighted by Crippen LogP contribution is 2.27. The molecule has 0 aromatic carbocycles. The van der Waals surface area contributed by atoms with Gasteiger partial charge in [-0.3, -0.25) is 9.59 Å². The molecule has 0 bridgehead atoms. The summed E-state index contributed by atoms with van der Waals surface area (Å²) in [4.78, 5) is 33.8. The molecule has 1 aliphatic rings. The number of carboxylic acids is 1. The lowest BCUT2D eigenvalue weighted by atomic mass is 10.2. The first-order valence-electron chi connectivity index (χ1n) is 5.41. The molecule has 3 N–H and O–H groups in total. The smallest absolute Gasteiger partial charge is 0.346 e. The lowest BCUT2D eigenvalue weighted by Crippen LogP contribution is -2.37. The van der Waals surface area contributed by atoms with E-state index in [4.69, 9.17) is 5.11 Å². The molecule has 7 heteroatoms. The Kier molecular flexibility index (Phi) is 3.33. The van der Waals surface area contributed by atoms with Crippen molar-refractivity contribution in [1.29, 1.82) is 0 Å². The van der Waals surface area contributed by atoms with Gasteiger partial charge in [0.2, 0.25) is 11.8 Å². The molecular weight excluding hydrogens is 256 g/mol. The second-order valence-electron chi connectivity index (χ2n) is 4.08. The Labute approximate surface area is 107 Å². The van der Waals surface area contributed by atoms with Gasteiger partial charge in [-0.25, -0.2) is 4.79 Å². The van der Waals surface area contributed by atoms with Crippen molar-refractivity contribution in [3.63, 3.8) is 0 Å². The van der Waals surface area contributed by atoms with Gasteiger partial charge in [0.1, 0.15) is 10.9 Å². The van der Waals surface area contributed by atoms with E-state index in [1.165, 1.54) is 0 Å². The molecule has 0 radical (unpaired) electrons. The van der Waals surface area contributed by atoms with E-state index in [1.807, 2.05) is 0 Å². The Bertz CT molecular complexity index is 523. The van der Waals surface area contributed by atoms with Crippen LogP contribution in [0.4, 0.5) is 5.00 Å². The molecule has 0 unspecified atom stereocenters. The molecule has 0 aliphatic carbocycles. The number of aryl methyl sites for hydroxylation is 1. The third kappa shape index (κ3) is 2.51. The summed E-state index contributed by atoms with van der Waals surface area (Å²) in [6, 6.07) is 1.09. The van der Waals surface area contributed by atoms with Gasteiger partial charge in [-0.2, -0.15) is 0 Å². The summed E-state index contributed by atoms with van der Waals surface area (Å²) < 4.78 is 0. The first kappa shape index (κ1) is 12.6. The molecule has 1 atom stereocenters. The van der Waals surface area contributed by atoms with E-state index in [2.05, 4.69) is 10.6 Å². The highest BCUT2D eigenvalue weighted by atomic mass is 32.1. The van der Waals surface area contributed by atoms with Crippen LogP contribution in [0, 0.1) is 6.92 Å². The Morgan fingerprint density at radius 2 is 2.28 bits per heavy atom. The van der Waals surface area contributed by atoms with Crippen LogP contribution in [0.25, 0.3) is 0 Å². The van der Waals surface area contributed by atoms with Crippen molar-refractivity contribution in [3.8, 4) is 0 Å². The zero-order chi connectivity index (χ0) is 13.3. The Morgan fingerprint density at radius 3 is 2.78 bits per heavy atom. The maximum Gasteiger partial charge on any atom is 0.346 e. The van der Waals surface area contributed by atoms with Gasteiger partial charge in [-0.05, 0) is 25.0 Å². The van der Waals surface area contributed by atoms with Gasteiger partial charge < -0.3 is 15.7 Å². The number of hydrogen-bond donors (Lipinski definition) is 3. The molecule has 18 heavy (non-hydrogen) atoms. The third-order valence-corrected chi connectivity index (χ3v) is 3.81. The van der Waals surface area contributed by atoms with Crippen LogP contribution < -0.4 is 10.6 Å². The second-order valence-corrected chi connectivity index (χ2v) is 5.13. The molecule has 1 aromatic heterocycles. The monoisotopic (exact) mass is 268 g/mol. The number of carboxylic acid groups (broad SMARTS) is 1. The van der Waals surface area contributed by atoms with Crippen LogP contribution in [0.2, 0.25) is 0 Å². The maximum atomic E-state index is 11.8. The number of amides is 2. The van der Waals surface area contributed by atoms with E-state index in [9.17, 15) is 14.4 Å². The van der Waals surface area contributed by atoms with Crippen LogP contribution in [0.1, 0.15) is 28.1 Å². The van der Waals surface area contributed by atoms with Gasteiger partial charge in [0.15, 0.2) is 0 Å². The quantitative estimate of drug-likeness (QED) is 0.761. The summed E-state index contributed by atoms with van der Waals surface area (Å²) in [6.07, 6.45) is 0.822. The Balaban J connectivity index is 2.05. The van der Waals surface area contributed by atoms with Gasteiger partial charge in [-0.15, -0.1) is 11.3 Å². The topological polar surface area (TPSA) is 95.5 Å². The first-order chi connectivity index (χ1) is 8.47. The predicted octanol–water partition coefficient (Wildman–Crippen LogP) is 0.972. The number of rotatable bonds is 3. The highest BCUT2D eigenvalue weighted by Gasteiger charge is 2.27. The van der Waals surface area contributed by atoms with Gasteiger partial charge >= 0.3 is 5.97 Å². The van der Waals surface area contributed by atoms with Crippen LogP contribution in [-0.2, 0) is 9.59 Å². The number of thiophene rings is 1. The normalized spacial score (nSPS) is 18.5. The van der Waals surface area contributed by atoms with E-state index in [0.29, 0.717) is 23.4 Å². The molecule has 1 aliphatic heterocycles. The van der Waals surface area contributed by atoms with E-state index in [-0.39, 0.29) is 16.7 Å². The van der Waals surface area contributed by atoms with Crippen LogP contribution in [0.5, 0.6) is 0 Å². The van der Waals surface area contributed by atoms with Crippen LogP contribution in [-0.4, -0.2) is 28.9 Å². The molecule has 2 amide bonds. The van der Waals surface area contributed by atoms with E-state index in [0.717, 1.165) is 11.3 Å². The zero-order valence-corrected chi connectivity index (χ0v) is 10.5. The molecule has 0 spiro atoms. The van der Waals surface area contributed by atoms with Crippen LogP contribution in [0.15, 0.2) is 6.07 Å². The van der Waals surface area contributed by atoms with Gasteiger partial charge in [0, 0.05) is 6.42 Å². The molecule has 0 saturated carbocycles. The lowest BCUT2D eigenvalue weighted by Gasteiger charge is -2.08. The maximum absolute atomic E-state index is 11.8. The highest BCUT2D eigenvalue weighted by molar-refractivity contribution is 7.18. The van der Waals surface area contributed by atoms with E-state index >= 15 is 0 Å². The summed E-state index contributed by atoms with van der Waals surface area (Å²) in [5.41, 5.74) is 0.609. The van der Waals surface area contributed by atoms with Gasteiger partial charge in [-0.1, -0.05) is 0 Å². The average Bonchev–Trinajstić information content (AvgIpc) is 2.85. The van der Waals surface area contributed by atoms with Crippen molar-refractivity contribution in [3.05, 3.63) is 16.5 Å². The SMILES string of the molecule is Cc1cc(NC(=O)[C@H]2CCC(=O)N2)sc1C(=O)O. The van der Waals surface area contributed by atoms with Gasteiger partial charge in [0.05, 0.1) is 5.00 Å². The molecule has 2 rings (SSSR count). The lowest BCUT2D eigenvalue weighted by molar-refractivity contribution is -0.122. The number of anilines is 1. The first-order valence-corrected chi connectivity index (χ1v) is 6.23. The Morgan fingerprint density at radius 1 is 1.56 bits per heavy atom. The van der Waals surface area contributed by atoms with Crippen LogP contribution in [0.3, 0.4) is 0 Å². The molecule has 1 saturated heterocycles. The molecule has 96 valence electrons. The summed E-state index contributed by atoms with van der Waals surface area (Å²) in [6.45, 7) is 1.67. The standard InChI is InChI=1S/C11H12N2O4S/c1-5-4-8(18-9(5)11(16)17)13-10(15)6-2-3-7(14)12-6/h4,6H,2-3H2,1H3,(H,12,14)(H,13,15)(H,16,17)/t6-/m1/s1. The average molecular weight is 268 g/mol. The van der Waals surface area contributed by atoms with E-state index in [1.54, 1.807) is 13.0 Å². The number of aromatic carboxylic acids is 1. The molecule has 6 nitrogen and oxygen atoms in total. The third-order valence-electron chi connectivity index (χ3n) is 2.67. The number of carbonyl (C=O) groups is 3. The molecule has 2 heterocycles. The fourth-order valence-electron chi connectivity index (χ4n) is 1.78. The van der Waals surface area contributed by atoms with Crippen molar-refractivity contribution >= 4 is 34.1 Å². The predicted molar refractivity (Wildman–Crippen MR) is 65.8 cm³/mol. The zero-order valence-electron chi connectivity index (χ0n) is 9.65. The fraction of sp³-hybridized carbons (Fsp3) is 0.364. The van der Waals surface area contributed by atoms with Crippen molar-refractivity contribution in [1.82, 2.24) is 5.32 Å². The minimum absolute atomic E-state index is 0.135. The minimum atomic E-state index is -1.01. The van der Waals surface area contributed by atoms with Gasteiger partial charge in [0.25, 0.3) is 0 Å². The largest absolute Gasteiger partial charge is 0.477 e. The van der Waals surface area contributed by atoms with Crippen LogP contribution >= 0.6 is 11.3 Å². The van der Waals surface area contributed by atoms with Crippen molar-refractivity contribution in [2.45, 2.75) is 25.8 Å². The van der Waals surface area contributed by atoms with Crippen molar-refractivity contribution < 1.29 is 19.5 Å². The summed E-state index contributed by atoms with van der Waals surface area (Å²) in [5, 5.41) is 14.6. The molecular formula is C11H12N2O4S. The van der Waals surface area contributed by atoms with Crippen molar-refractivity contribution in [2.24, 2.45) is 0 Å². The minimum Gasteiger partial charge on any atom is -0.477 e. The molecule has 1 aromatic rings. The fourth-order valence-corrected chi connectivity index (χ4v) is 2.69. The van der Waals surface area contributed by atoms with Crippen molar-refractivity contribution in [2.75, 3.05) is 5.32 Å². The molecule has 1 fully saturated rings. The number of carbonyl (C=O) groups excluding carboxylic acids is 2. The number of hydrogen-bond acceptors (Lipinski definition) is 4. The summed E-state index contributed by atoms with van der Waals surface area (Å²) in [5.74, 6) is -1.45. The summed E-state index contributed by atoms with van der Waals surface area (Å²) >= 11 is 1.01.